The Kier molecular flexibility index (Phi) is 5.31. The lowest BCUT2D eigenvalue weighted by molar-refractivity contribution is -0.123. The summed E-state index contributed by atoms with van der Waals surface area (Å²) in [7, 11) is 0. The molecule has 0 aliphatic carbocycles. The minimum Gasteiger partial charge on any atom is -0.351 e. The molecule has 0 spiro atoms. The number of rotatable bonds is 5. The largest absolute Gasteiger partial charge is 0.351 e. The second-order valence-corrected chi connectivity index (χ2v) is 7.30. The Bertz CT molecular complexity index is 728. The van der Waals surface area contributed by atoms with Gasteiger partial charge in [-0.05, 0) is 54.0 Å². The van der Waals surface area contributed by atoms with Crippen LogP contribution < -0.4 is 5.32 Å². The number of benzene rings is 1. The number of carbonyl (C=O) groups is 1. The molecule has 0 unspecified atom stereocenters. The van der Waals surface area contributed by atoms with Crippen LogP contribution >= 0.6 is 11.3 Å². The first-order valence-corrected chi connectivity index (χ1v) is 9.28. The zero-order valence-corrected chi connectivity index (χ0v) is 15.0. The summed E-state index contributed by atoms with van der Waals surface area (Å²) in [5.41, 5.74) is 2.79. The summed E-state index contributed by atoms with van der Waals surface area (Å²) in [4.78, 5) is 16.0. The first-order chi connectivity index (χ1) is 11.6. The molecular formula is C19H23FN2OS. The van der Waals surface area contributed by atoms with E-state index in [0.29, 0.717) is 24.7 Å². The normalized spacial score (nSPS) is 17.5. The molecule has 1 aromatic carbocycles. The fourth-order valence-corrected chi connectivity index (χ4v) is 4.23. The van der Waals surface area contributed by atoms with Gasteiger partial charge in [-0.15, -0.1) is 11.3 Å². The summed E-state index contributed by atoms with van der Waals surface area (Å²) < 4.78 is 13.6. The second kappa shape index (κ2) is 7.45. The van der Waals surface area contributed by atoms with Gasteiger partial charge in [-0.2, -0.15) is 0 Å². The number of aryl methyl sites for hydroxylation is 1. The molecule has 0 saturated carbocycles. The highest BCUT2D eigenvalue weighted by Crippen LogP contribution is 2.34. The number of halogens is 1. The third-order valence-corrected chi connectivity index (χ3v) is 5.66. The Balaban J connectivity index is 1.57. The van der Waals surface area contributed by atoms with Crippen molar-refractivity contribution in [3.05, 3.63) is 57.0 Å². The quantitative estimate of drug-likeness (QED) is 0.893. The van der Waals surface area contributed by atoms with E-state index in [1.54, 1.807) is 13.0 Å². The standard InChI is InChI=1S/C19H23FN2OS/c1-3-17-15-7-9-24-18(15)6-8-22(17)12-19(23)21-11-14-5-4-13(2)16(20)10-14/h4-5,7,9-10,17H,3,6,8,11-12H2,1-2H3,(H,21,23)/t17-/m0/s1. The number of fused-ring (bicyclic) bond motifs is 1. The molecule has 24 heavy (non-hydrogen) atoms. The van der Waals surface area contributed by atoms with Gasteiger partial charge in [-0.1, -0.05) is 19.1 Å². The summed E-state index contributed by atoms with van der Waals surface area (Å²) in [6, 6.07) is 7.59. The molecule has 1 amide bonds. The first-order valence-electron chi connectivity index (χ1n) is 8.40. The maximum absolute atomic E-state index is 13.6. The first kappa shape index (κ1) is 17.1. The van der Waals surface area contributed by atoms with Gasteiger partial charge in [-0.25, -0.2) is 4.39 Å². The fourth-order valence-electron chi connectivity index (χ4n) is 3.30. The smallest absolute Gasteiger partial charge is 0.234 e. The van der Waals surface area contributed by atoms with Crippen LogP contribution in [0.5, 0.6) is 0 Å². The van der Waals surface area contributed by atoms with Gasteiger partial charge in [0.05, 0.1) is 6.54 Å². The molecule has 3 rings (SSSR count). The van der Waals surface area contributed by atoms with E-state index in [1.807, 2.05) is 17.4 Å². The van der Waals surface area contributed by atoms with Crippen LogP contribution in [-0.2, 0) is 17.8 Å². The number of thiophene rings is 1. The van der Waals surface area contributed by atoms with Gasteiger partial charge in [0, 0.05) is 24.0 Å². The van der Waals surface area contributed by atoms with E-state index in [4.69, 9.17) is 0 Å². The van der Waals surface area contributed by atoms with Crippen molar-refractivity contribution in [1.29, 1.82) is 0 Å². The summed E-state index contributed by atoms with van der Waals surface area (Å²) in [5.74, 6) is -0.234. The van der Waals surface area contributed by atoms with Crippen molar-refractivity contribution >= 4 is 17.2 Å². The lowest BCUT2D eigenvalue weighted by Gasteiger charge is -2.34. The van der Waals surface area contributed by atoms with Crippen LogP contribution in [0.25, 0.3) is 0 Å². The minimum absolute atomic E-state index is 0.00638. The van der Waals surface area contributed by atoms with Crippen molar-refractivity contribution in [3.63, 3.8) is 0 Å². The average Bonchev–Trinajstić information content (AvgIpc) is 3.04. The third kappa shape index (κ3) is 3.68. The molecule has 3 nitrogen and oxygen atoms in total. The Morgan fingerprint density at radius 2 is 2.25 bits per heavy atom. The maximum atomic E-state index is 13.6. The highest BCUT2D eigenvalue weighted by molar-refractivity contribution is 7.10. The molecule has 1 aromatic heterocycles. The topological polar surface area (TPSA) is 32.3 Å². The Morgan fingerprint density at radius 3 is 3.00 bits per heavy atom. The average molecular weight is 346 g/mol. The third-order valence-electron chi connectivity index (χ3n) is 4.67. The predicted molar refractivity (Wildman–Crippen MR) is 95.6 cm³/mol. The van der Waals surface area contributed by atoms with Gasteiger partial charge in [-0.3, -0.25) is 9.69 Å². The molecule has 1 aliphatic rings. The molecule has 5 heteroatoms. The van der Waals surface area contributed by atoms with Crippen molar-refractivity contribution < 1.29 is 9.18 Å². The number of nitrogens with zero attached hydrogens (tertiary/aromatic N) is 1. The number of amides is 1. The van der Waals surface area contributed by atoms with Crippen molar-refractivity contribution in [3.8, 4) is 0 Å². The van der Waals surface area contributed by atoms with Crippen LogP contribution in [-0.4, -0.2) is 23.9 Å². The summed E-state index contributed by atoms with van der Waals surface area (Å²) in [6.45, 7) is 5.57. The van der Waals surface area contributed by atoms with Crippen molar-refractivity contribution in [1.82, 2.24) is 10.2 Å². The number of carbonyl (C=O) groups excluding carboxylic acids is 1. The Morgan fingerprint density at radius 1 is 1.42 bits per heavy atom. The van der Waals surface area contributed by atoms with Gasteiger partial charge in [0.2, 0.25) is 5.91 Å². The molecule has 128 valence electrons. The van der Waals surface area contributed by atoms with E-state index in [1.165, 1.54) is 16.5 Å². The van der Waals surface area contributed by atoms with E-state index in [9.17, 15) is 9.18 Å². The number of nitrogens with one attached hydrogen (secondary N) is 1. The highest BCUT2D eigenvalue weighted by Gasteiger charge is 2.28. The Hall–Kier alpha value is -1.72. The maximum Gasteiger partial charge on any atom is 0.234 e. The van der Waals surface area contributed by atoms with Gasteiger partial charge in [0.1, 0.15) is 5.82 Å². The van der Waals surface area contributed by atoms with Crippen LogP contribution in [0.4, 0.5) is 4.39 Å². The van der Waals surface area contributed by atoms with Crippen molar-refractivity contribution in [2.45, 2.75) is 39.3 Å². The van der Waals surface area contributed by atoms with Crippen LogP contribution in [0.2, 0.25) is 0 Å². The number of hydrogen-bond donors (Lipinski definition) is 1. The minimum atomic E-state index is -0.228. The molecule has 2 heterocycles. The van der Waals surface area contributed by atoms with Crippen LogP contribution in [0.3, 0.4) is 0 Å². The molecule has 0 fully saturated rings. The second-order valence-electron chi connectivity index (χ2n) is 6.30. The van der Waals surface area contributed by atoms with E-state index >= 15 is 0 Å². The van der Waals surface area contributed by atoms with E-state index in [2.05, 4.69) is 28.6 Å². The number of hydrogen-bond acceptors (Lipinski definition) is 3. The van der Waals surface area contributed by atoms with E-state index in [0.717, 1.165) is 24.9 Å². The van der Waals surface area contributed by atoms with Gasteiger partial charge in [0.25, 0.3) is 0 Å². The zero-order valence-electron chi connectivity index (χ0n) is 14.1. The van der Waals surface area contributed by atoms with Gasteiger partial charge >= 0.3 is 0 Å². The predicted octanol–water partition coefficient (Wildman–Crippen LogP) is 3.82. The Labute approximate surface area is 146 Å². The van der Waals surface area contributed by atoms with E-state index in [-0.39, 0.29) is 11.7 Å². The summed E-state index contributed by atoms with van der Waals surface area (Å²) in [6.07, 6.45) is 2.01. The molecule has 0 radical (unpaired) electrons. The molecule has 1 atom stereocenters. The van der Waals surface area contributed by atoms with Gasteiger partial charge in [0.15, 0.2) is 0 Å². The van der Waals surface area contributed by atoms with Crippen LogP contribution in [0, 0.1) is 12.7 Å². The molecule has 0 saturated heterocycles. The monoisotopic (exact) mass is 346 g/mol. The van der Waals surface area contributed by atoms with Crippen LogP contribution in [0.1, 0.15) is 41.0 Å². The lowest BCUT2D eigenvalue weighted by Crippen LogP contribution is -2.42. The molecular weight excluding hydrogens is 323 g/mol. The highest BCUT2D eigenvalue weighted by atomic mass is 32.1. The van der Waals surface area contributed by atoms with Crippen LogP contribution in [0.15, 0.2) is 29.6 Å². The zero-order chi connectivity index (χ0) is 17.1. The van der Waals surface area contributed by atoms with E-state index < -0.39 is 0 Å². The SMILES string of the molecule is CC[C@H]1c2ccsc2CCN1CC(=O)NCc1ccc(C)c(F)c1. The van der Waals surface area contributed by atoms with Crippen molar-refractivity contribution in [2.75, 3.05) is 13.1 Å². The summed E-state index contributed by atoms with van der Waals surface area (Å²) >= 11 is 1.81. The molecule has 1 aliphatic heterocycles. The summed E-state index contributed by atoms with van der Waals surface area (Å²) in [5, 5.41) is 5.05. The van der Waals surface area contributed by atoms with Gasteiger partial charge < -0.3 is 5.32 Å². The molecule has 2 aromatic rings. The van der Waals surface area contributed by atoms with Crippen molar-refractivity contribution in [2.24, 2.45) is 0 Å². The molecule has 0 bridgehead atoms. The lowest BCUT2D eigenvalue weighted by atomic mass is 9.98. The molecule has 1 N–H and O–H groups in total. The fraction of sp³-hybridized carbons (Fsp3) is 0.421.